The minimum Gasteiger partial charge on any atom is -0.453 e. The fourth-order valence-electron chi connectivity index (χ4n) is 1.60. The Kier molecular flexibility index (Phi) is 5.13. The van der Waals surface area contributed by atoms with E-state index in [9.17, 15) is 14.4 Å². The number of halogens is 1. The Morgan fingerprint density at radius 2 is 1.95 bits per heavy atom. The average Bonchev–Trinajstić information content (AvgIpc) is 2.95. The molecule has 8 heteroatoms. The quantitative estimate of drug-likeness (QED) is 0.900. The lowest BCUT2D eigenvalue weighted by molar-refractivity contribution is 0.0938. The van der Waals surface area contributed by atoms with Gasteiger partial charge in [0.15, 0.2) is 0 Å². The van der Waals surface area contributed by atoms with E-state index in [4.69, 9.17) is 11.6 Å². The SMILES string of the molecule is COC(=O)NC(=O)c1ccsc1NC(=O)c1cccc(Cl)c1. The second kappa shape index (κ2) is 7.06. The Bertz CT molecular complexity index is 729. The summed E-state index contributed by atoms with van der Waals surface area (Å²) in [5, 5.41) is 7.03. The Morgan fingerprint density at radius 3 is 2.64 bits per heavy atom. The van der Waals surface area contributed by atoms with Gasteiger partial charge in [0.2, 0.25) is 0 Å². The molecule has 2 rings (SSSR count). The number of hydrogen-bond acceptors (Lipinski definition) is 5. The van der Waals surface area contributed by atoms with E-state index in [2.05, 4.69) is 10.1 Å². The highest BCUT2D eigenvalue weighted by atomic mass is 35.5. The topological polar surface area (TPSA) is 84.5 Å². The zero-order valence-electron chi connectivity index (χ0n) is 11.4. The Labute approximate surface area is 135 Å². The first-order valence-electron chi connectivity index (χ1n) is 6.05. The zero-order chi connectivity index (χ0) is 16.1. The Hall–Kier alpha value is -2.38. The highest BCUT2D eigenvalue weighted by Crippen LogP contribution is 2.24. The van der Waals surface area contributed by atoms with Gasteiger partial charge >= 0.3 is 6.09 Å². The van der Waals surface area contributed by atoms with E-state index < -0.39 is 17.9 Å². The van der Waals surface area contributed by atoms with Crippen LogP contribution in [0.15, 0.2) is 35.7 Å². The van der Waals surface area contributed by atoms with Crippen molar-refractivity contribution in [3.63, 3.8) is 0 Å². The number of nitrogens with one attached hydrogen (secondary N) is 2. The van der Waals surface area contributed by atoms with Crippen LogP contribution in [0.5, 0.6) is 0 Å². The number of carbonyl (C=O) groups excluding carboxylic acids is 3. The van der Waals surface area contributed by atoms with E-state index in [-0.39, 0.29) is 5.56 Å². The third kappa shape index (κ3) is 3.84. The van der Waals surface area contributed by atoms with Gasteiger partial charge in [-0.1, -0.05) is 17.7 Å². The predicted octanol–water partition coefficient (Wildman–Crippen LogP) is 3.15. The molecule has 6 nitrogen and oxygen atoms in total. The molecule has 0 aliphatic rings. The molecular weight excluding hydrogens is 328 g/mol. The molecule has 0 spiro atoms. The van der Waals surface area contributed by atoms with Crippen molar-refractivity contribution >= 4 is 45.8 Å². The van der Waals surface area contributed by atoms with E-state index in [0.29, 0.717) is 15.6 Å². The molecule has 1 aromatic carbocycles. The van der Waals surface area contributed by atoms with Gasteiger partial charge in [-0.05, 0) is 29.6 Å². The summed E-state index contributed by atoms with van der Waals surface area (Å²) in [6, 6.07) is 7.91. The summed E-state index contributed by atoms with van der Waals surface area (Å²) in [5.41, 5.74) is 0.533. The number of imide groups is 1. The smallest absolute Gasteiger partial charge is 0.413 e. The Balaban J connectivity index is 2.14. The third-order valence-electron chi connectivity index (χ3n) is 2.62. The van der Waals surface area contributed by atoms with Crippen molar-refractivity contribution in [2.45, 2.75) is 0 Å². The summed E-state index contributed by atoms with van der Waals surface area (Å²) in [6.45, 7) is 0. The van der Waals surface area contributed by atoms with Gasteiger partial charge < -0.3 is 10.1 Å². The van der Waals surface area contributed by atoms with Crippen LogP contribution in [0.25, 0.3) is 0 Å². The minimum atomic E-state index is -0.872. The van der Waals surface area contributed by atoms with Gasteiger partial charge in [-0.3, -0.25) is 14.9 Å². The number of carbonyl (C=O) groups is 3. The second-order valence-corrected chi connectivity index (χ2v) is 5.43. The van der Waals surface area contributed by atoms with Crippen LogP contribution in [0.3, 0.4) is 0 Å². The fourth-order valence-corrected chi connectivity index (χ4v) is 2.57. The van der Waals surface area contributed by atoms with Crippen LogP contribution >= 0.6 is 22.9 Å². The number of thiophene rings is 1. The number of methoxy groups -OCH3 is 1. The normalized spacial score (nSPS) is 9.91. The van der Waals surface area contributed by atoms with Gasteiger partial charge in [0, 0.05) is 10.6 Å². The van der Waals surface area contributed by atoms with Gasteiger partial charge in [0.05, 0.1) is 12.7 Å². The van der Waals surface area contributed by atoms with Gasteiger partial charge in [0.1, 0.15) is 5.00 Å². The molecule has 114 valence electrons. The van der Waals surface area contributed by atoms with Crippen LogP contribution in [0.4, 0.5) is 9.80 Å². The second-order valence-electron chi connectivity index (χ2n) is 4.07. The molecule has 0 unspecified atom stereocenters. The summed E-state index contributed by atoms with van der Waals surface area (Å²) in [6.07, 6.45) is -0.872. The van der Waals surface area contributed by atoms with E-state index in [1.54, 1.807) is 23.6 Å². The molecule has 0 radical (unpaired) electrons. The van der Waals surface area contributed by atoms with Crippen molar-refractivity contribution in [3.8, 4) is 0 Å². The maximum absolute atomic E-state index is 12.1. The van der Waals surface area contributed by atoms with Crippen molar-refractivity contribution in [1.82, 2.24) is 5.32 Å². The maximum Gasteiger partial charge on any atom is 0.413 e. The number of hydrogen-bond donors (Lipinski definition) is 2. The molecule has 0 aliphatic carbocycles. The molecule has 1 aromatic heterocycles. The molecule has 3 amide bonds. The first-order valence-corrected chi connectivity index (χ1v) is 7.30. The van der Waals surface area contributed by atoms with Gasteiger partial charge in [-0.25, -0.2) is 4.79 Å². The average molecular weight is 339 g/mol. The summed E-state index contributed by atoms with van der Waals surface area (Å²) in [7, 11) is 1.15. The first kappa shape index (κ1) is 16.0. The third-order valence-corrected chi connectivity index (χ3v) is 3.69. The number of rotatable bonds is 3. The standard InChI is InChI=1S/C14H11ClN2O4S/c1-21-14(20)17-12(19)10-5-6-22-13(10)16-11(18)8-3-2-4-9(15)7-8/h2-7H,1H3,(H,16,18)(H,17,19,20). The molecule has 0 saturated carbocycles. The monoisotopic (exact) mass is 338 g/mol. The van der Waals surface area contributed by atoms with Crippen LogP contribution in [-0.2, 0) is 4.74 Å². The fraction of sp³-hybridized carbons (Fsp3) is 0.0714. The first-order chi connectivity index (χ1) is 10.5. The van der Waals surface area contributed by atoms with E-state index >= 15 is 0 Å². The van der Waals surface area contributed by atoms with Crippen LogP contribution in [0, 0.1) is 0 Å². The number of benzene rings is 1. The zero-order valence-corrected chi connectivity index (χ0v) is 13.0. The number of alkyl carbamates (subject to hydrolysis) is 1. The summed E-state index contributed by atoms with van der Waals surface area (Å²) in [4.78, 5) is 35.1. The lowest BCUT2D eigenvalue weighted by Crippen LogP contribution is -2.30. The number of amides is 3. The van der Waals surface area contributed by atoms with Crippen molar-refractivity contribution in [3.05, 3.63) is 51.9 Å². The summed E-state index contributed by atoms with van der Waals surface area (Å²) >= 11 is 6.99. The molecule has 1 heterocycles. The van der Waals surface area contributed by atoms with E-state index in [0.717, 1.165) is 18.4 Å². The molecule has 0 aliphatic heterocycles. The molecule has 2 aromatic rings. The summed E-state index contributed by atoms with van der Waals surface area (Å²) in [5.74, 6) is -1.06. The van der Waals surface area contributed by atoms with Crippen LogP contribution in [0.1, 0.15) is 20.7 Å². The van der Waals surface area contributed by atoms with Crippen molar-refractivity contribution in [2.24, 2.45) is 0 Å². The minimum absolute atomic E-state index is 0.172. The van der Waals surface area contributed by atoms with Crippen molar-refractivity contribution in [2.75, 3.05) is 12.4 Å². The predicted molar refractivity (Wildman–Crippen MR) is 83.6 cm³/mol. The maximum atomic E-state index is 12.1. The molecule has 0 saturated heterocycles. The number of anilines is 1. The lowest BCUT2D eigenvalue weighted by atomic mass is 10.2. The Morgan fingerprint density at radius 1 is 1.18 bits per heavy atom. The van der Waals surface area contributed by atoms with Crippen LogP contribution in [0.2, 0.25) is 5.02 Å². The van der Waals surface area contributed by atoms with Crippen molar-refractivity contribution < 1.29 is 19.1 Å². The van der Waals surface area contributed by atoms with Gasteiger partial charge in [0.25, 0.3) is 11.8 Å². The van der Waals surface area contributed by atoms with Crippen molar-refractivity contribution in [1.29, 1.82) is 0 Å². The molecule has 22 heavy (non-hydrogen) atoms. The summed E-state index contributed by atoms with van der Waals surface area (Å²) < 4.78 is 4.35. The van der Waals surface area contributed by atoms with E-state index in [1.807, 2.05) is 5.32 Å². The highest BCUT2D eigenvalue weighted by molar-refractivity contribution is 7.14. The lowest BCUT2D eigenvalue weighted by Gasteiger charge is -2.06. The molecule has 0 bridgehead atoms. The van der Waals surface area contributed by atoms with Gasteiger partial charge in [-0.15, -0.1) is 11.3 Å². The van der Waals surface area contributed by atoms with E-state index in [1.165, 1.54) is 12.1 Å². The molecule has 2 N–H and O–H groups in total. The number of ether oxygens (including phenoxy) is 1. The van der Waals surface area contributed by atoms with Crippen LogP contribution < -0.4 is 10.6 Å². The largest absolute Gasteiger partial charge is 0.453 e. The molecule has 0 atom stereocenters. The molecular formula is C14H11ClN2O4S. The molecule has 0 fully saturated rings. The highest BCUT2D eigenvalue weighted by Gasteiger charge is 2.18. The van der Waals surface area contributed by atoms with Gasteiger partial charge in [-0.2, -0.15) is 0 Å². The van der Waals surface area contributed by atoms with Crippen LogP contribution in [-0.4, -0.2) is 25.0 Å².